The molecule has 3 aliphatic heterocycles. The molecule has 12 heteroatoms. The number of carboxylic acid groups (broad SMARTS) is 1. The Bertz CT molecular complexity index is 1340. The maximum absolute atomic E-state index is 13.4. The summed E-state index contributed by atoms with van der Waals surface area (Å²) in [7, 11) is 0. The fourth-order valence-corrected chi connectivity index (χ4v) is 9.32. The molecule has 13 atom stereocenters. The molecule has 2 aliphatic carbocycles. The first kappa shape index (κ1) is 30.3. The van der Waals surface area contributed by atoms with E-state index < -0.39 is 107 Å². The highest BCUT2D eigenvalue weighted by Crippen LogP contribution is 2.76. The predicted molar refractivity (Wildman–Crippen MR) is 145 cm³/mol. The van der Waals surface area contributed by atoms with E-state index in [9.17, 15) is 34.8 Å². The number of hydrogen-bond acceptors (Lipinski definition) is 11. The van der Waals surface area contributed by atoms with E-state index in [1.165, 1.54) is 12.5 Å². The van der Waals surface area contributed by atoms with Gasteiger partial charge in [0.15, 0.2) is 6.10 Å². The lowest BCUT2D eigenvalue weighted by molar-refractivity contribution is -0.247. The van der Waals surface area contributed by atoms with E-state index in [-0.39, 0.29) is 13.0 Å². The van der Waals surface area contributed by atoms with E-state index in [1.54, 1.807) is 40.7 Å². The van der Waals surface area contributed by atoms with Crippen molar-refractivity contribution in [2.45, 2.75) is 101 Å². The number of esters is 2. The van der Waals surface area contributed by atoms with Gasteiger partial charge in [-0.15, -0.1) is 0 Å². The molecule has 236 valence electrons. The van der Waals surface area contributed by atoms with Crippen molar-refractivity contribution in [3.8, 4) is 0 Å². The minimum Gasteiger partial charge on any atom is -0.481 e. The van der Waals surface area contributed by atoms with Gasteiger partial charge in [0.05, 0.1) is 55.7 Å². The molecule has 5 fully saturated rings. The van der Waals surface area contributed by atoms with Crippen LogP contribution in [0.2, 0.25) is 0 Å². The SMILES string of the molecule is C=C1[C@@H]([C@]2(C)[C@H]3CC(=O)O[C@@]3(C)CO[C@@H]2CC(=O)O)[C@@H](O)[C@H](OC(=O)C(O)C(C)C)[C@@]2(C)[C@H](c3ccoc3)[C@@H](O)[C@H]3O[C@]132. The van der Waals surface area contributed by atoms with Crippen LogP contribution in [0.15, 0.2) is 35.2 Å². The first-order chi connectivity index (χ1) is 20.1. The van der Waals surface area contributed by atoms with Gasteiger partial charge in [-0.05, 0) is 30.0 Å². The molecule has 1 unspecified atom stereocenters. The summed E-state index contributed by atoms with van der Waals surface area (Å²) in [4.78, 5) is 38.1. The van der Waals surface area contributed by atoms with Crippen molar-refractivity contribution in [3.63, 3.8) is 0 Å². The molecule has 4 heterocycles. The quantitative estimate of drug-likeness (QED) is 0.200. The van der Waals surface area contributed by atoms with Gasteiger partial charge in [0, 0.05) is 23.2 Å². The summed E-state index contributed by atoms with van der Waals surface area (Å²) in [6, 6.07) is 1.69. The largest absolute Gasteiger partial charge is 0.481 e. The minimum absolute atomic E-state index is 0.0332. The van der Waals surface area contributed by atoms with Crippen LogP contribution < -0.4 is 0 Å². The summed E-state index contributed by atoms with van der Waals surface area (Å²) in [6.07, 6.45) is -4.80. The smallest absolute Gasteiger partial charge is 0.335 e. The molecule has 0 aromatic carbocycles. The Hall–Kier alpha value is -2.77. The van der Waals surface area contributed by atoms with Crippen molar-refractivity contribution in [3.05, 3.63) is 36.3 Å². The van der Waals surface area contributed by atoms with Crippen LogP contribution in [-0.4, -0.2) is 92.8 Å². The van der Waals surface area contributed by atoms with Gasteiger partial charge >= 0.3 is 17.9 Å². The van der Waals surface area contributed by atoms with Crippen LogP contribution in [0.4, 0.5) is 0 Å². The highest BCUT2D eigenvalue weighted by molar-refractivity contribution is 5.75. The van der Waals surface area contributed by atoms with Crippen molar-refractivity contribution in [1.82, 2.24) is 0 Å². The van der Waals surface area contributed by atoms with Crippen molar-refractivity contribution in [1.29, 1.82) is 0 Å². The number of carbonyl (C=O) groups is 3. The number of carbonyl (C=O) groups excluding carboxylic acids is 2. The Morgan fingerprint density at radius 1 is 1.16 bits per heavy atom. The summed E-state index contributed by atoms with van der Waals surface area (Å²) >= 11 is 0. The molecule has 2 saturated carbocycles. The molecule has 43 heavy (non-hydrogen) atoms. The van der Waals surface area contributed by atoms with Gasteiger partial charge in [-0.3, -0.25) is 9.59 Å². The van der Waals surface area contributed by atoms with E-state index in [2.05, 4.69) is 6.58 Å². The first-order valence-corrected chi connectivity index (χ1v) is 14.7. The highest BCUT2D eigenvalue weighted by Gasteiger charge is 2.87. The van der Waals surface area contributed by atoms with Crippen molar-refractivity contribution in [2.24, 2.45) is 28.6 Å². The summed E-state index contributed by atoms with van der Waals surface area (Å²) < 4.78 is 29.5. The lowest BCUT2D eigenvalue weighted by atomic mass is 9.47. The van der Waals surface area contributed by atoms with Gasteiger partial charge < -0.3 is 43.8 Å². The monoisotopic (exact) mass is 604 g/mol. The number of aliphatic carboxylic acids is 1. The number of ether oxygens (including phenoxy) is 4. The second-order valence-corrected chi connectivity index (χ2v) is 13.9. The van der Waals surface area contributed by atoms with Gasteiger partial charge in [-0.2, -0.15) is 0 Å². The molecule has 4 N–H and O–H groups in total. The summed E-state index contributed by atoms with van der Waals surface area (Å²) in [6.45, 7) is 12.9. The highest BCUT2D eigenvalue weighted by atomic mass is 16.6. The number of epoxide rings is 1. The fraction of sp³-hybridized carbons (Fsp3) is 0.710. The van der Waals surface area contributed by atoms with E-state index in [1.807, 2.05) is 0 Å². The Kier molecular flexibility index (Phi) is 6.77. The van der Waals surface area contributed by atoms with E-state index in [0.29, 0.717) is 11.1 Å². The van der Waals surface area contributed by atoms with Gasteiger partial charge in [0.25, 0.3) is 0 Å². The standard InChI is InChI=1S/C31H40O12/c1-13(2)22(35)27(38)41-25-23(36)20(29(5)16-9-19(34)42-28(16,4)12-40-17(29)10-18(32)33)14(3)31-26(43-31)24(37)21(30(25,31)6)15-7-8-39-11-15/h7-8,11,13,16-17,20-26,35-37H,3,9-10,12H2,1-2,4-6H3,(H,32,33)/t16-,17+,20+,21+,22?,23+,24+,25-,26+,28-,29+,30+,31+/m0/s1. The number of aliphatic hydroxyl groups is 3. The molecule has 0 amide bonds. The van der Waals surface area contributed by atoms with Gasteiger partial charge in [0.1, 0.15) is 23.4 Å². The molecule has 1 aromatic rings. The Labute approximate surface area is 248 Å². The van der Waals surface area contributed by atoms with Crippen LogP contribution in [0.5, 0.6) is 0 Å². The van der Waals surface area contributed by atoms with Crippen molar-refractivity contribution < 1.29 is 58.2 Å². The van der Waals surface area contributed by atoms with E-state index in [0.717, 1.165) is 0 Å². The summed E-state index contributed by atoms with van der Waals surface area (Å²) in [5.41, 5.74) is -4.00. The van der Waals surface area contributed by atoms with Crippen molar-refractivity contribution >= 4 is 17.9 Å². The zero-order valence-corrected chi connectivity index (χ0v) is 24.9. The normalized spacial score (nSPS) is 47.4. The third kappa shape index (κ3) is 3.83. The van der Waals surface area contributed by atoms with Crippen LogP contribution in [0, 0.1) is 28.6 Å². The molecule has 3 saturated heterocycles. The first-order valence-electron chi connectivity index (χ1n) is 14.7. The second kappa shape index (κ2) is 9.61. The molecule has 1 spiro atoms. The average Bonchev–Trinajstić information content (AvgIpc) is 3.19. The topological polar surface area (TPSA) is 185 Å². The van der Waals surface area contributed by atoms with Crippen LogP contribution in [0.25, 0.3) is 0 Å². The van der Waals surface area contributed by atoms with Gasteiger partial charge in [-0.1, -0.05) is 34.3 Å². The molecule has 5 aliphatic rings. The third-order valence-corrected chi connectivity index (χ3v) is 11.4. The van der Waals surface area contributed by atoms with Gasteiger partial charge in [-0.25, -0.2) is 4.79 Å². The number of furan rings is 1. The molecular weight excluding hydrogens is 564 g/mol. The Morgan fingerprint density at radius 3 is 2.47 bits per heavy atom. The molecule has 0 bridgehead atoms. The molecular formula is C31H40O12. The zero-order valence-electron chi connectivity index (χ0n) is 24.9. The fourth-order valence-electron chi connectivity index (χ4n) is 9.32. The molecule has 12 nitrogen and oxygen atoms in total. The predicted octanol–water partition coefficient (Wildman–Crippen LogP) is 1.56. The second-order valence-electron chi connectivity index (χ2n) is 13.9. The number of aliphatic hydroxyl groups excluding tert-OH is 3. The number of carboxylic acids is 1. The van der Waals surface area contributed by atoms with Crippen LogP contribution in [0.1, 0.15) is 58.9 Å². The third-order valence-electron chi connectivity index (χ3n) is 11.4. The molecule has 6 rings (SSSR count). The number of fused-ring (bicyclic) bond motifs is 1. The maximum atomic E-state index is 13.4. The van der Waals surface area contributed by atoms with Crippen molar-refractivity contribution in [2.75, 3.05) is 6.61 Å². The number of rotatable bonds is 7. The Morgan fingerprint density at radius 2 is 1.86 bits per heavy atom. The molecule has 1 aromatic heterocycles. The lowest BCUT2D eigenvalue weighted by Gasteiger charge is -2.61. The van der Waals surface area contributed by atoms with E-state index in [4.69, 9.17) is 23.4 Å². The van der Waals surface area contributed by atoms with E-state index >= 15 is 0 Å². The van der Waals surface area contributed by atoms with Crippen LogP contribution in [0.3, 0.4) is 0 Å². The summed E-state index contributed by atoms with van der Waals surface area (Å²) in [5, 5.41) is 44.6. The van der Waals surface area contributed by atoms with Crippen LogP contribution >= 0.6 is 0 Å². The average molecular weight is 605 g/mol. The maximum Gasteiger partial charge on any atom is 0.335 e. The zero-order chi connectivity index (χ0) is 31.4. The van der Waals surface area contributed by atoms with Gasteiger partial charge in [0.2, 0.25) is 0 Å². The van der Waals surface area contributed by atoms with Crippen LogP contribution in [-0.2, 0) is 33.3 Å². The minimum atomic E-state index is -1.53. The number of hydrogen-bond donors (Lipinski definition) is 4. The Balaban J connectivity index is 1.53. The summed E-state index contributed by atoms with van der Waals surface area (Å²) in [5.74, 6) is -5.41. The molecule has 0 radical (unpaired) electrons. The lowest BCUT2D eigenvalue weighted by Crippen LogP contribution is -2.69.